The molecule has 0 atom stereocenters. The lowest BCUT2D eigenvalue weighted by molar-refractivity contribution is -0.129. The summed E-state index contributed by atoms with van der Waals surface area (Å²) in [5, 5.41) is 13.5. The van der Waals surface area contributed by atoms with E-state index in [1.54, 1.807) is 27.7 Å². The molecule has 0 saturated carbocycles. The third-order valence-electron chi connectivity index (χ3n) is 16.7. The van der Waals surface area contributed by atoms with Crippen molar-refractivity contribution in [1.82, 2.24) is 109 Å². The van der Waals surface area contributed by atoms with Crippen LogP contribution >= 0.6 is 0 Å². The van der Waals surface area contributed by atoms with E-state index in [9.17, 15) is 71.9 Å². The number of imidazole rings is 2. The number of carbonyl (C=O) groups excluding carboxylic acids is 11. The minimum Gasteiger partial charge on any atom is -0.449 e. The number of ether oxygens (including phenoxy) is 2. The van der Waals surface area contributed by atoms with Crippen molar-refractivity contribution in [2.24, 2.45) is 5.92 Å². The summed E-state index contributed by atoms with van der Waals surface area (Å²) in [5.74, 6) is -3.82. The Kier molecular flexibility index (Phi) is 28.8. The second-order valence-corrected chi connectivity index (χ2v) is 25.0. The average Bonchev–Trinajstić information content (AvgIpc) is 1.64. The smallest absolute Gasteiger partial charge is 0.416 e. The van der Waals surface area contributed by atoms with Crippen molar-refractivity contribution < 1.29 is 62.2 Å². The van der Waals surface area contributed by atoms with Crippen molar-refractivity contribution in [3.8, 4) is 11.1 Å². The molecule has 0 saturated heterocycles. The summed E-state index contributed by atoms with van der Waals surface area (Å²) in [6.07, 6.45) is 4.02. The monoisotopic (exact) mass is 1520 g/mol. The van der Waals surface area contributed by atoms with Gasteiger partial charge < -0.3 is 72.9 Å². The van der Waals surface area contributed by atoms with Gasteiger partial charge in [-0.15, -0.1) is 0 Å². The zero-order valence-electron chi connectivity index (χ0n) is 61.0. The number of fused-ring (bicyclic) bond motifs is 5. The fourth-order valence-electron chi connectivity index (χ4n) is 11.2. The molecule has 1 aliphatic carbocycles. The lowest BCUT2D eigenvalue weighted by Crippen LogP contribution is -2.51. The van der Waals surface area contributed by atoms with Crippen LogP contribution in [0.25, 0.3) is 33.5 Å². The number of aromatic amines is 2. The van der Waals surface area contributed by atoms with Crippen LogP contribution in [-0.2, 0) is 33.4 Å². The van der Waals surface area contributed by atoms with Crippen molar-refractivity contribution in [3.63, 3.8) is 0 Å². The second kappa shape index (κ2) is 38.6. The van der Waals surface area contributed by atoms with Gasteiger partial charge in [0.05, 0.1) is 6.61 Å². The first-order chi connectivity index (χ1) is 52.6. The van der Waals surface area contributed by atoms with E-state index in [1.165, 1.54) is 4.90 Å². The summed E-state index contributed by atoms with van der Waals surface area (Å²) in [5.41, 5.74) is 18.1. The molecule has 584 valence electrons. The third kappa shape index (κ3) is 21.6. The molecule has 1 aliphatic rings. The molecule has 0 spiro atoms. The molecule has 42 nitrogen and oxygen atoms in total. The first kappa shape index (κ1) is 82.1. The number of amides is 10. The minimum absolute atomic E-state index is 0.00215. The van der Waals surface area contributed by atoms with E-state index in [-0.39, 0.29) is 161 Å². The number of imide groups is 1. The van der Waals surface area contributed by atoms with Crippen LogP contribution in [0.4, 0.5) is 46.4 Å². The predicted molar refractivity (Wildman–Crippen MR) is 395 cm³/mol. The number of nitrogens with two attached hydrogens (primary N) is 3. The zero-order chi connectivity index (χ0) is 79.9. The molecule has 8 aromatic rings. The van der Waals surface area contributed by atoms with Crippen LogP contribution in [-0.4, -0.2) is 259 Å². The number of aromatic nitrogens is 12. The van der Waals surface area contributed by atoms with E-state index < -0.39 is 103 Å². The number of benzene rings is 2. The standard InChI is InChI=1S/C45H59N23O12.C23H26N2O5/c1-25(2)27(69)5-12-61(42(77)66-14-7-29(70)58-41(66)76)15-9-50-30(71)19-62(43(78)65-13-6-28(46)57-40(65)75)17-10-51-32(73)21-64(44(79)67-23-55-33-35(47)53-22-54-36(33)67)18-11-52-31(72)20-63(16-8-49-26(3)4)45(80)68-24-56-34-37(68)59-39(48)60-38(34)74;1-3-21(26)25(23(28)29-4-2)14-13-24-22(27)30-15-20-18-11-7-5-9-16(18)17-10-6-8-12-19(17)20/h6-7,13-14,22-26,49H,5,8-12,15-21H2,1-4H3,(H,50,71)(H,51,73)(H,52,72)(H2,46,57,75)(H2,47,53,54)(H,58,70,76)(H3,48,59,60,74);5-12,20H,3-4,13-15H2,1-2H3,(H,24,27). The van der Waals surface area contributed by atoms with Crippen LogP contribution in [0.2, 0.25) is 0 Å². The Labute approximate surface area is 625 Å². The molecule has 0 bridgehead atoms. The Hall–Kier alpha value is -13.6. The number of rotatable bonds is 30. The molecular weight excluding hydrogens is 1440 g/mol. The van der Waals surface area contributed by atoms with Crippen LogP contribution in [0, 0.1) is 5.92 Å². The maximum atomic E-state index is 14.2. The van der Waals surface area contributed by atoms with Crippen molar-refractivity contribution in [2.45, 2.75) is 66.3 Å². The number of nitrogens with zero attached hydrogens (tertiary/aromatic N) is 15. The van der Waals surface area contributed by atoms with Gasteiger partial charge in [-0.05, 0) is 35.2 Å². The van der Waals surface area contributed by atoms with Gasteiger partial charge in [-0.1, -0.05) is 83.1 Å². The number of nitrogen functional groups attached to an aromatic ring is 3. The number of Topliss-reactive ketones (excluding diaryl/α,β-unsaturated/α-hetero) is 1. The molecule has 6 heterocycles. The van der Waals surface area contributed by atoms with E-state index >= 15 is 0 Å². The van der Waals surface area contributed by atoms with Crippen molar-refractivity contribution in [1.29, 1.82) is 0 Å². The molecule has 0 fully saturated rings. The number of hydrogen-bond donors (Lipinski definition) is 10. The van der Waals surface area contributed by atoms with E-state index in [1.807, 2.05) is 43.1 Å². The van der Waals surface area contributed by atoms with Gasteiger partial charge in [-0.2, -0.15) is 9.97 Å². The number of nitrogens with one attached hydrogen (secondary N) is 7. The molecule has 13 N–H and O–H groups in total. The minimum atomic E-state index is -1.10. The maximum absolute atomic E-state index is 14.2. The molecule has 2 aromatic carbocycles. The molecule has 0 radical (unpaired) electrons. The fourth-order valence-corrected chi connectivity index (χ4v) is 11.2. The number of anilines is 3. The zero-order valence-corrected chi connectivity index (χ0v) is 61.0. The summed E-state index contributed by atoms with van der Waals surface area (Å²) < 4.78 is 13.5. The number of alkyl carbamates (subject to hydrolysis) is 1. The van der Waals surface area contributed by atoms with Crippen LogP contribution in [0.1, 0.15) is 71.4 Å². The molecule has 0 unspecified atom stereocenters. The van der Waals surface area contributed by atoms with Crippen LogP contribution in [0.3, 0.4) is 0 Å². The SMILES string of the molecule is CC(C)NCCN(CC(=O)NCCN(CC(=O)NCCN(CC(=O)NCCN(CCC(=O)C(C)C)C(=O)n1ccc(=O)[nH]c1=O)C(=O)n1ccc(N)nc1=O)C(=O)n1cnc2c(N)ncnc21)C(=O)n1cnc2c(=O)[nH]c(N)nc21.CCOC(=O)N(CCNC(=O)OCC1c2ccccc2-c2ccccc21)C(=O)CC. The van der Waals surface area contributed by atoms with Crippen molar-refractivity contribution in [3.05, 3.63) is 145 Å². The maximum Gasteiger partial charge on any atom is 0.416 e. The summed E-state index contributed by atoms with van der Waals surface area (Å²) in [6, 6.07) is 14.7. The molecule has 9 rings (SSSR count). The van der Waals surface area contributed by atoms with Gasteiger partial charge >= 0.3 is 47.7 Å². The van der Waals surface area contributed by atoms with E-state index in [0.29, 0.717) is 9.13 Å². The molecule has 0 aliphatic heterocycles. The first-order valence-corrected chi connectivity index (χ1v) is 34.7. The summed E-state index contributed by atoms with van der Waals surface area (Å²) in [6.45, 7) is 7.05. The van der Waals surface area contributed by atoms with Gasteiger partial charge in [-0.3, -0.25) is 43.5 Å². The highest BCUT2D eigenvalue weighted by molar-refractivity contribution is 5.94. The Morgan fingerprint density at radius 1 is 0.555 bits per heavy atom. The van der Waals surface area contributed by atoms with Crippen LogP contribution in [0.5, 0.6) is 0 Å². The number of hydrogen-bond acceptors (Lipinski definition) is 27. The summed E-state index contributed by atoms with van der Waals surface area (Å²) >= 11 is 0. The molecule has 6 aromatic heterocycles. The molecule has 10 amide bonds. The van der Waals surface area contributed by atoms with E-state index in [2.05, 4.69) is 85.7 Å². The third-order valence-corrected chi connectivity index (χ3v) is 16.7. The predicted octanol–water partition coefficient (Wildman–Crippen LogP) is -0.524. The number of H-pyrrole nitrogens is 2. The van der Waals surface area contributed by atoms with Gasteiger partial charge in [0.2, 0.25) is 29.6 Å². The largest absolute Gasteiger partial charge is 0.449 e. The molecular formula is C68H85N25O17. The Morgan fingerprint density at radius 2 is 1.08 bits per heavy atom. The highest BCUT2D eigenvalue weighted by atomic mass is 16.6. The number of carbonyl (C=O) groups is 11. The highest BCUT2D eigenvalue weighted by Crippen LogP contribution is 2.44. The van der Waals surface area contributed by atoms with Crippen molar-refractivity contribution >= 4 is 106 Å². The van der Waals surface area contributed by atoms with Crippen molar-refractivity contribution in [2.75, 3.05) is 122 Å². The normalized spacial score (nSPS) is 11.4. The quantitative estimate of drug-likeness (QED) is 0.0271. The summed E-state index contributed by atoms with van der Waals surface area (Å²) in [4.78, 5) is 227. The lowest BCUT2D eigenvalue weighted by Gasteiger charge is -2.25. The Balaban J connectivity index is 0.000000420. The molecule has 42 heteroatoms. The number of ketones is 1. The highest BCUT2D eigenvalue weighted by Gasteiger charge is 2.31. The fraction of sp³-hybridized carbons (Fsp3) is 0.397. The average molecular weight is 1520 g/mol. The van der Waals surface area contributed by atoms with Gasteiger partial charge in [0.25, 0.3) is 11.1 Å². The van der Waals surface area contributed by atoms with E-state index in [4.69, 9.17) is 26.7 Å². The topological polar surface area (TPSA) is 558 Å². The van der Waals surface area contributed by atoms with Crippen LogP contribution < -0.4 is 66.3 Å². The first-order valence-electron chi connectivity index (χ1n) is 34.7. The van der Waals surface area contributed by atoms with Crippen LogP contribution in [0.15, 0.2) is 111 Å². The Bertz CT molecular complexity index is 4920. The van der Waals surface area contributed by atoms with Gasteiger partial charge in [-0.25, -0.2) is 81.5 Å². The summed E-state index contributed by atoms with van der Waals surface area (Å²) in [7, 11) is 0. The van der Waals surface area contributed by atoms with Gasteiger partial charge in [0.1, 0.15) is 56.8 Å². The van der Waals surface area contributed by atoms with Gasteiger partial charge in [0.15, 0.2) is 28.1 Å². The Morgan fingerprint density at radius 3 is 1.64 bits per heavy atom. The second-order valence-electron chi connectivity index (χ2n) is 25.0. The van der Waals surface area contributed by atoms with E-state index in [0.717, 1.165) is 94.5 Å². The lowest BCUT2D eigenvalue weighted by atomic mass is 9.98. The molecule has 110 heavy (non-hydrogen) atoms. The van der Waals surface area contributed by atoms with Gasteiger partial charge in [0, 0.05) is 121 Å².